The molecule has 0 unspecified atom stereocenters. The Morgan fingerprint density at radius 2 is 1.26 bits per heavy atom. The first-order valence-electron chi connectivity index (χ1n) is 9.52. The number of benzene rings is 1. The molecule has 0 saturated heterocycles. The second kappa shape index (κ2) is 6.16. The van der Waals surface area contributed by atoms with E-state index in [0.717, 1.165) is 34.4 Å². The number of ketones is 2. The molecule has 142 valence electrons. The van der Waals surface area contributed by atoms with Crippen molar-refractivity contribution in [1.29, 1.82) is 0 Å². The van der Waals surface area contributed by atoms with Crippen molar-refractivity contribution in [3.8, 4) is 0 Å². The minimum Gasteiger partial charge on any atom is -0.465 e. The number of carbonyl (C=O) groups is 2. The lowest BCUT2D eigenvalue weighted by Crippen LogP contribution is -2.37. The second-order valence-corrected chi connectivity index (χ2v) is 10.6. The fourth-order valence-corrected chi connectivity index (χ4v) is 4.93. The molecule has 4 heteroatoms. The zero-order valence-electron chi connectivity index (χ0n) is 16.3. The van der Waals surface area contributed by atoms with Gasteiger partial charge in [0.15, 0.2) is 11.6 Å². The molecule has 2 aliphatic carbocycles. The van der Waals surface area contributed by atoms with Gasteiger partial charge in [-0.2, -0.15) is 0 Å². The van der Waals surface area contributed by atoms with Crippen molar-refractivity contribution in [1.82, 2.24) is 0 Å². The summed E-state index contributed by atoms with van der Waals surface area (Å²) < 4.78 is 7.27. The van der Waals surface area contributed by atoms with Crippen LogP contribution in [0.3, 0.4) is 0 Å². The van der Waals surface area contributed by atoms with Gasteiger partial charge in [0.2, 0.25) is 0 Å². The van der Waals surface area contributed by atoms with Gasteiger partial charge in [0.05, 0.1) is 0 Å². The van der Waals surface area contributed by atoms with E-state index >= 15 is 0 Å². The van der Waals surface area contributed by atoms with Gasteiger partial charge in [-0.1, -0.05) is 55.8 Å². The molecule has 0 atom stereocenters. The van der Waals surface area contributed by atoms with Gasteiger partial charge < -0.3 is 4.74 Å². The van der Waals surface area contributed by atoms with Crippen molar-refractivity contribution in [3.63, 3.8) is 0 Å². The van der Waals surface area contributed by atoms with Crippen LogP contribution in [0.4, 0.5) is 0 Å². The average Bonchev–Trinajstić information content (AvgIpc) is 2.51. The Bertz CT molecular complexity index is 848. The predicted molar refractivity (Wildman–Crippen MR) is 108 cm³/mol. The number of allylic oxidation sites excluding steroid dienone is 4. The Morgan fingerprint density at radius 1 is 0.815 bits per heavy atom. The molecule has 0 amide bonds. The van der Waals surface area contributed by atoms with Gasteiger partial charge in [-0.05, 0) is 28.5 Å². The number of Topliss-reactive ketones (excluding diaryl/α,β-unsaturated/α-hetero) is 2. The van der Waals surface area contributed by atoms with Crippen LogP contribution in [-0.4, -0.2) is 11.6 Å². The largest absolute Gasteiger partial charge is 0.465 e. The lowest BCUT2D eigenvalue weighted by molar-refractivity contribution is -0.120. The van der Waals surface area contributed by atoms with Gasteiger partial charge in [-0.25, -0.2) is 0 Å². The normalized spacial score (nSPS) is 24.5. The van der Waals surface area contributed by atoms with Gasteiger partial charge in [0.1, 0.15) is 11.5 Å². The van der Waals surface area contributed by atoms with E-state index < -0.39 is 0 Å². The van der Waals surface area contributed by atoms with Gasteiger partial charge in [-0.3, -0.25) is 9.59 Å². The molecule has 1 heterocycles. The zero-order valence-corrected chi connectivity index (χ0v) is 17.9. The molecular formula is C23H25BrO3. The molecule has 0 radical (unpaired) electrons. The molecule has 0 N–H and O–H groups in total. The second-order valence-electron chi connectivity index (χ2n) is 9.64. The SMILES string of the molecule is CC1(C)CC(=O)C2=C(C1)OC1=C(C(=O)CC(C)(C)C1)C2c1ccc(Br)cc1. The van der Waals surface area contributed by atoms with Crippen LogP contribution >= 0.6 is 15.9 Å². The topological polar surface area (TPSA) is 43.4 Å². The van der Waals surface area contributed by atoms with Crippen LogP contribution in [0.1, 0.15) is 64.9 Å². The smallest absolute Gasteiger partial charge is 0.163 e. The summed E-state index contributed by atoms with van der Waals surface area (Å²) in [7, 11) is 0. The third-order valence-corrected chi connectivity index (χ3v) is 6.31. The molecule has 0 saturated carbocycles. The van der Waals surface area contributed by atoms with Crippen LogP contribution in [0.25, 0.3) is 0 Å². The molecular weight excluding hydrogens is 404 g/mol. The molecule has 4 rings (SSSR count). The minimum absolute atomic E-state index is 0.110. The van der Waals surface area contributed by atoms with Crippen molar-refractivity contribution in [2.45, 2.75) is 59.3 Å². The van der Waals surface area contributed by atoms with Crippen molar-refractivity contribution >= 4 is 27.5 Å². The lowest BCUT2D eigenvalue weighted by Gasteiger charge is -2.42. The Morgan fingerprint density at radius 3 is 1.70 bits per heavy atom. The first-order valence-corrected chi connectivity index (χ1v) is 10.3. The molecule has 1 aromatic carbocycles. The fourth-order valence-electron chi connectivity index (χ4n) is 4.66. The monoisotopic (exact) mass is 428 g/mol. The lowest BCUT2D eigenvalue weighted by atomic mass is 9.65. The highest BCUT2D eigenvalue weighted by Gasteiger charge is 2.47. The Kier molecular flexibility index (Phi) is 4.26. The van der Waals surface area contributed by atoms with Crippen molar-refractivity contribution < 1.29 is 14.3 Å². The summed E-state index contributed by atoms with van der Waals surface area (Å²) in [4.78, 5) is 26.2. The van der Waals surface area contributed by atoms with E-state index in [2.05, 4.69) is 43.6 Å². The van der Waals surface area contributed by atoms with E-state index in [0.29, 0.717) is 24.0 Å². The summed E-state index contributed by atoms with van der Waals surface area (Å²) >= 11 is 3.48. The molecule has 0 spiro atoms. The first kappa shape index (κ1) is 18.7. The third-order valence-electron chi connectivity index (χ3n) is 5.79. The van der Waals surface area contributed by atoms with Crippen molar-refractivity contribution in [2.75, 3.05) is 0 Å². The Labute approximate surface area is 169 Å². The van der Waals surface area contributed by atoms with E-state index in [4.69, 9.17) is 4.74 Å². The number of hydrogen-bond acceptors (Lipinski definition) is 3. The van der Waals surface area contributed by atoms with E-state index in [-0.39, 0.29) is 28.3 Å². The standard InChI is InChI=1S/C23H25BrO3/c1-22(2)9-15(25)20-17(11-22)27-18-12-23(3,4)10-16(26)21(18)19(20)13-5-7-14(24)8-6-13/h5-8,19H,9-12H2,1-4H3. The van der Waals surface area contributed by atoms with E-state index in [1.54, 1.807) is 0 Å². The molecule has 27 heavy (non-hydrogen) atoms. The summed E-state index contributed by atoms with van der Waals surface area (Å²) in [5.41, 5.74) is 2.15. The van der Waals surface area contributed by atoms with Gasteiger partial charge in [-0.15, -0.1) is 0 Å². The number of ether oxygens (including phenoxy) is 1. The van der Waals surface area contributed by atoms with E-state index in [9.17, 15) is 9.59 Å². The van der Waals surface area contributed by atoms with Crippen molar-refractivity contribution in [2.24, 2.45) is 10.8 Å². The Hall–Kier alpha value is -1.68. The highest BCUT2D eigenvalue weighted by Crippen LogP contribution is 2.53. The molecule has 3 nitrogen and oxygen atoms in total. The maximum atomic E-state index is 13.1. The van der Waals surface area contributed by atoms with E-state index in [1.165, 1.54) is 0 Å². The number of halogens is 1. The molecule has 0 fully saturated rings. The summed E-state index contributed by atoms with van der Waals surface area (Å²) in [6.07, 6.45) is 2.44. The quantitative estimate of drug-likeness (QED) is 0.563. The maximum absolute atomic E-state index is 13.1. The van der Waals surface area contributed by atoms with E-state index in [1.807, 2.05) is 24.3 Å². The van der Waals surface area contributed by atoms with Crippen LogP contribution in [0.15, 0.2) is 51.4 Å². The predicted octanol–water partition coefficient (Wildman–Crippen LogP) is 5.85. The summed E-state index contributed by atoms with van der Waals surface area (Å²) in [6, 6.07) is 7.96. The highest BCUT2D eigenvalue weighted by atomic mass is 79.9. The summed E-state index contributed by atoms with van der Waals surface area (Å²) in [5, 5.41) is 0. The number of hydrogen-bond donors (Lipinski definition) is 0. The van der Waals surface area contributed by atoms with Crippen LogP contribution < -0.4 is 0 Å². The molecule has 1 aliphatic heterocycles. The average molecular weight is 429 g/mol. The molecule has 0 bridgehead atoms. The van der Waals surface area contributed by atoms with Crippen LogP contribution in [0.2, 0.25) is 0 Å². The minimum atomic E-state index is -0.302. The highest BCUT2D eigenvalue weighted by molar-refractivity contribution is 9.10. The third kappa shape index (κ3) is 3.33. The van der Waals surface area contributed by atoms with Gasteiger partial charge in [0, 0.05) is 47.2 Å². The molecule has 3 aliphatic rings. The van der Waals surface area contributed by atoms with Crippen LogP contribution in [0, 0.1) is 10.8 Å². The first-order chi connectivity index (χ1) is 12.6. The number of carbonyl (C=O) groups excluding carboxylic acids is 2. The van der Waals surface area contributed by atoms with Crippen molar-refractivity contribution in [3.05, 3.63) is 57.0 Å². The van der Waals surface area contributed by atoms with Gasteiger partial charge in [0.25, 0.3) is 0 Å². The van der Waals surface area contributed by atoms with Crippen LogP contribution in [0.5, 0.6) is 0 Å². The summed E-state index contributed by atoms with van der Waals surface area (Å²) in [5.74, 6) is 1.46. The number of rotatable bonds is 1. The zero-order chi connectivity index (χ0) is 19.6. The molecule has 1 aromatic rings. The van der Waals surface area contributed by atoms with Gasteiger partial charge >= 0.3 is 0 Å². The Balaban J connectivity index is 1.90. The fraction of sp³-hybridized carbons (Fsp3) is 0.478. The molecule has 0 aromatic heterocycles. The van der Waals surface area contributed by atoms with Crippen LogP contribution in [-0.2, 0) is 14.3 Å². The maximum Gasteiger partial charge on any atom is 0.163 e. The summed E-state index contributed by atoms with van der Waals surface area (Å²) in [6.45, 7) is 8.41.